The second-order valence-electron chi connectivity index (χ2n) is 8.85. The maximum Gasteiger partial charge on any atom is 0.233 e. The third-order valence-corrected chi connectivity index (χ3v) is 7.37. The Hall–Kier alpha value is -3.89. The molecule has 1 fully saturated rings. The number of carbonyl (C=O) groups is 1. The first-order valence-electron chi connectivity index (χ1n) is 12.2. The van der Waals surface area contributed by atoms with Gasteiger partial charge in [-0.2, -0.15) is 0 Å². The highest BCUT2D eigenvalue weighted by Gasteiger charge is 2.24. The third-order valence-electron chi connectivity index (χ3n) is 6.46. The molecular weight excluding hydrogens is 488 g/mol. The molecule has 1 saturated heterocycles. The Morgan fingerprint density at radius 3 is 2.57 bits per heavy atom. The Bertz CT molecular complexity index is 1370. The second-order valence-corrected chi connectivity index (χ2v) is 9.79. The molecule has 0 unspecified atom stereocenters. The summed E-state index contributed by atoms with van der Waals surface area (Å²) in [7, 11) is 0. The molecule has 2 aliphatic rings. The number of carbonyl (C=O) groups excluding carboxylic acids is 1. The van der Waals surface area contributed by atoms with Gasteiger partial charge < -0.3 is 14.4 Å². The number of hydrogen-bond acceptors (Lipinski definition) is 8. The number of nitrogens with zero attached hydrogens (tertiary/aromatic N) is 6. The summed E-state index contributed by atoms with van der Waals surface area (Å²) in [6.07, 6.45) is 3.50. The van der Waals surface area contributed by atoms with Gasteiger partial charge in [0.25, 0.3) is 0 Å². The lowest BCUT2D eigenvalue weighted by Gasteiger charge is -2.34. The van der Waals surface area contributed by atoms with Gasteiger partial charge in [0.2, 0.25) is 12.7 Å². The van der Waals surface area contributed by atoms with Gasteiger partial charge in [0.1, 0.15) is 0 Å². The molecule has 0 spiro atoms. The van der Waals surface area contributed by atoms with Crippen LogP contribution in [0.25, 0.3) is 17.1 Å². The van der Waals surface area contributed by atoms with E-state index in [-0.39, 0.29) is 12.7 Å². The molecule has 2 aromatic heterocycles. The van der Waals surface area contributed by atoms with Crippen molar-refractivity contribution >= 4 is 17.7 Å². The van der Waals surface area contributed by atoms with E-state index in [1.165, 1.54) is 17.3 Å². The van der Waals surface area contributed by atoms with Crippen LogP contribution >= 0.6 is 11.8 Å². The predicted octanol–water partition coefficient (Wildman–Crippen LogP) is 3.49. The molecule has 10 heteroatoms. The molecule has 4 heterocycles. The van der Waals surface area contributed by atoms with Crippen molar-refractivity contribution in [1.82, 2.24) is 29.5 Å². The summed E-state index contributed by atoms with van der Waals surface area (Å²) in [6.45, 7) is 4.17. The van der Waals surface area contributed by atoms with Crippen LogP contribution in [0, 0.1) is 0 Å². The monoisotopic (exact) mass is 514 g/mol. The molecular formula is C27H26N6O3S. The lowest BCUT2D eigenvalue weighted by molar-refractivity contribution is -0.130. The van der Waals surface area contributed by atoms with Crippen LogP contribution in [0.15, 0.2) is 78.2 Å². The minimum Gasteiger partial charge on any atom is -0.454 e. The molecule has 4 aromatic rings. The molecule has 6 rings (SSSR count). The average molecular weight is 515 g/mol. The molecule has 0 bridgehead atoms. The van der Waals surface area contributed by atoms with E-state index in [0.29, 0.717) is 29.8 Å². The molecule has 0 aliphatic carbocycles. The fraction of sp³-hybridized carbons (Fsp3) is 0.259. The molecule has 1 amide bonds. The Kier molecular flexibility index (Phi) is 6.74. The number of aromatic nitrogens is 4. The molecule has 2 aliphatic heterocycles. The highest BCUT2D eigenvalue weighted by Crippen LogP contribution is 2.33. The third kappa shape index (κ3) is 5.16. The van der Waals surface area contributed by atoms with E-state index in [2.05, 4.69) is 26.1 Å². The zero-order valence-corrected chi connectivity index (χ0v) is 21.0. The maximum absolute atomic E-state index is 13.1. The summed E-state index contributed by atoms with van der Waals surface area (Å²) in [4.78, 5) is 21.6. The number of hydrogen-bond donors (Lipinski definition) is 0. The van der Waals surface area contributed by atoms with Crippen LogP contribution in [-0.4, -0.2) is 74.2 Å². The van der Waals surface area contributed by atoms with Crippen molar-refractivity contribution in [2.75, 3.05) is 38.7 Å². The number of pyridine rings is 1. The van der Waals surface area contributed by atoms with Gasteiger partial charge in [0.15, 0.2) is 22.5 Å². The van der Waals surface area contributed by atoms with Gasteiger partial charge in [-0.3, -0.25) is 19.2 Å². The number of thioether (sulfide) groups is 1. The Labute approximate surface area is 219 Å². The van der Waals surface area contributed by atoms with E-state index < -0.39 is 0 Å². The van der Waals surface area contributed by atoms with Crippen molar-refractivity contribution < 1.29 is 14.3 Å². The number of ether oxygens (including phenoxy) is 2. The molecule has 0 atom stereocenters. The van der Waals surface area contributed by atoms with Crippen LogP contribution in [0.2, 0.25) is 0 Å². The Morgan fingerprint density at radius 2 is 1.76 bits per heavy atom. The first kappa shape index (κ1) is 23.5. The van der Waals surface area contributed by atoms with Crippen LogP contribution < -0.4 is 9.47 Å². The van der Waals surface area contributed by atoms with Crippen LogP contribution in [0.3, 0.4) is 0 Å². The Morgan fingerprint density at radius 1 is 0.919 bits per heavy atom. The quantitative estimate of drug-likeness (QED) is 0.347. The van der Waals surface area contributed by atoms with E-state index >= 15 is 0 Å². The number of rotatable bonds is 7. The smallest absolute Gasteiger partial charge is 0.233 e. The fourth-order valence-corrected chi connectivity index (χ4v) is 5.38. The minimum atomic E-state index is 0.110. The van der Waals surface area contributed by atoms with E-state index in [1.807, 2.05) is 64.1 Å². The van der Waals surface area contributed by atoms with E-state index in [9.17, 15) is 4.79 Å². The van der Waals surface area contributed by atoms with Crippen molar-refractivity contribution in [2.24, 2.45) is 0 Å². The predicted molar refractivity (Wildman–Crippen MR) is 140 cm³/mol. The zero-order valence-electron chi connectivity index (χ0n) is 20.2. The Balaban J connectivity index is 1.08. The van der Waals surface area contributed by atoms with Gasteiger partial charge >= 0.3 is 0 Å². The first-order chi connectivity index (χ1) is 18.2. The standard InChI is InChI=1S/C27H26N6O3S/c34-25(32-13-11-31(12-14-32)17-20-8-9-23-24(15-20)36-19-35-23)18-37-27-30-29-26(21-5-4-10-28-16-21)33(27)22-6-2-1-3-7-22/h1-10,15-16H,11-14,17-19H2. The van der Waals surface area contributed by atoms with Crippen LogP contribution in [0.5, 0.6) is 11.5 Å². The summed E-state index contributed by atoms with van der Waals surface area (Å²) in [5.74, 6) is 2.72. The molecule has 188 valence electrons. The van der Waals surface area contributed by atoms with Crippen molar-refractivity contribution in [3.8, 4) is 28.6 Å². The van der Waals surface area contributed by atoms with Crippen molar-refractivity contribution in [1.29, 1.82) is 0 Å². The number of benzene rings is 2. The summed E-state index contributed by atoms with van der Waals surface area (Å²) < 4.78 is 12.9. The number of para-hydroxylation sites is 1. The average Bonchev–Trinajstić information content (AvgIpc) is 3.60. The summed E-state index contributed by atoms with van der Waals surface area (Å²) in [5, 5.41) is 9.53. The first-order valence-corrected chi connectivity index (χ1v) is 13.2. The van der Waals surface area contributed by atoms with Gasteiger partial charge in [-0.25, -0.2) is 0 Å². The lowest BCUT2D eigenvalue weighted by Crippen LogP contribution is -2.48. The van der Waals surface area contributed by atoms with E-state index in [1.54, 1.807) is 12.4 Å². The molecule has 0 saturated carbocycles. The molecule has 37 heavy (non-hydrogen) atoms. The highest BCUT2D eigenvalue weighted by molar-refractivity contribution is 7.99. The van der Waals surface area contributed by atoms with Crippen molar-refractivity contribution in [3.63, 3.8) is 0 Å². The van der Waals surface area contributed by atoms with Gasteiger partial charge in [0, 0.05) is 56.4 Å². The number of amides is 1. The largest absolute Gasteiger partial charge is 0.454 e. The topological polar surface area (TPSA) is 85.6 Å². The second kappa shape index (κ2) is 10.6. The molecule has 2 aromatic carbocycles. The maximum atomic E-state index is 13.1. The van der Waals surface area contributed by atoms with Gasteiger partial charge in [-0.15, -0.1) is 10.2 Å². The summed E-state index contributed by atoms with van der Waals surface area (Å²) in [6, 6.07) is 19.9. The van der Waals surface area contributed by atoms with Gasteiger partial charge in [-0.05, 0) is 42.0 Å². The summed E-state index contributed by atoms with van der Waals surface area (Å²) in [5.41, 5.74) is 3.00. The van der Waals surface area contributed by atoms with E-state index in [0.717, 1.165) is 42.4 Å². The molecule has 9 nitrogen and oxygen atoms in total. The minimum absolute atomic E-state index is 0.110. The van der Waals surface area contributed by atoms with E-state index in [4.69, 9.17) is 9.47 Å². The summed E-state index contributed by atoms with van der Waals surface area (Å²) >= 11 is 1.41. The molecule has 0 radical (unpaired) electrons. The number of piperazine rings is 1. The molecule has 0 N–H and O–H groups in total. The van der Waals surface area contributed by atoms with Crippen LogP contribution in [-0.2, 0) is 11.3 Å². The number of fused-ring (bicyclic) bond motifs is 1. The van der Waals surface area contributed by atoms with Crippen molar-refractivity contribution in [2.45, 2.75) is 11.7 Å². The van der Waals surface area contributed by atoms with Gasteiger partial charge in [0.05, 0.1) is 5.75 Å². The van der Waals surface area contributed by atoms with Crippen LogP contribution in [0.1, 0.15) is 5.56 Å². The highest BCUT2D eigenvalue weighted by atomic mass is 32.2. The van der Waals surface area contributed by atoms with Crippen LogP contribution in [0.4, 0.5) is 0 Å². The van der Waals surface area contributed by atoms with Gasteiger partial charge in [-0.1, -0.05) is 36.0 Å². The normalized spacial score (nSPS) is 15.2. The zero-order chi connectivity index (χ0) is 25.0. The lowest BCUT2D eigenvalue weighted by atomic mass is 10.1. The van der Waals surface area contributed by atoms with Crippen molar-refractivity contribution in [3.05, 3.63) is 78.6 Å². The SMILES string of the molecule is O=C(CSc1nnc(-c2cccnc2)n1-c1ccccc1)N1CCN(Cc2ccc3c(c2)OCO3)CC1. The fourth-order valence-electron chi connectivity index (χ4n) is 4.53.